The van der Waals surface area contributed by atoms with Crippen molar-refractivity contribution < 1.29 is 9.90 Å². The van der Waals surface area contributed by atoms with Crippen LogP contribution in [0.1, 0.15) is 17.0 Å². The third-order valence-electron chi connectivity index (χ3n) is 3.00. The van der Waals surface area contributed by atoms with Gasteiger partial charge in [-0.25, -0.2) is 0 Å². The zero-order valence-electron chi connectivity index (χ0n) is 10.2. The summed E-state index contributed by atoms with van der Waals surface area (Å²) in [5.41, 5.74) is 5.38. The second kappa shape index (κ2) is 5.78. The van der Waals surface area contributed by atoms with Gasteiger partial charge in [-0.2, -0.15) is 4.98 Å². The molecule has 2 heterocycles. The Labute approximate surface area is 105 Å². The number of carbonyl (C=O) groups excluding carboxylic acids is 1. The van der Waals surface area contributed by atoms with Crippen LogP contribution in [0.3, 0.4) is 0 Å². The molecule has 0 spiro atoms. The zero-order chi connectivity index (χ0) is 13.0. The third-order valence-corrected chi connectivity index (χ3v) is 3.00. The molecule has 0 saturated carbocycles. The van der Waals surface area contributed by atoms with Crippen LogP contribution in [-0.4, -0.2) is 75.3 Å². The van der Waals surface area contributed by atoms with Gasteiger partial charge in [-0.05, 0) is 13.0 Å². The van der Waals surface area contributed by atoms with Gasteiger partial charge in [0.2, 0.25) is 11.8 Å². The molecular formula is C10H18N6O2. The fraction of sp³-hybridized carbons (Fsp3) is 0.700. The minimum atomic E-state index is -0.176. The van der Waals surface area contributed by atoms with Gasteiger partial charge in [0.05, 0.1) is 6.61 Å². The number of aromatic nitrogens is 3. The number of aliphatic hydroxyl groups excluding tert-OH is 1. The highest BCUT2D eigenvalue weighted by Crippen LogP contribution is 2.06. The molecule has 1 aliphatic heterocycles. The SMILES string of the molecule is Nc1n[nH]c(C(=O)N2CCCN(CCO)CC2)n1. The number of aliphatic hydroxyl groups is 1. The number of aromatic amines is 1. The molecule has 1 aromatic rings. The van der Waals surface area contributed by atoms with E-state index in [0.717, 1.165) is 19.5 Å². The second-order valence-corrected chi connectivity index (χ2v) is 4.25. The number of carbonyl (C=O) groups is 1. The lowest BCUT2D eigenvalue weighted by Gasteiger charge is -2.20. The van der Waals surface area contributed by atoms with E-state index < -0.39 is 0 Å². The summed E-state index contributed by atoms with van der Waals surface area (Å²) in [5.74, 6) is 0.0863. The molecular weight excluding hydrogens is 236 g/mol. The number of hydrogen-bond acceptors (Lipinski definition) is 6. The van der Waals surface area contributed by atoms with Gasteiger partial charge in [0.25, 0.3) is 5.91 Å². The van der Waals surface area contributed by atoms with Crippen LogP contribution in [0.25, 0.3) is 0 Å². The molecule has 0 radical (unpaired) electrons. The van der Waals surface area contributed by atoms with Crippen molar-refractivity contribution in [2.75, 3.05) is 45.1 Å². The number of β-amino-alcohol motifs (C(OH)–C–C–N with tert-alkyl or cyclic N) is 1. The number of nitrogens with zero attached hydrogens (tertiary/aromatic N) is 4. The first-order valence-corrected chi connectivity index (χ1v) is 6.01. The molecule has 4 N–H and O–H groups in total. The predicted octanol–water partition coefficient (Wildman–Crippen LogP) is -1.47. The highest BCUT2D eigenvalue weighted by atomic mass is 16.3. The van der Waals surface area contributed by atoms with Gasteiger partial charge in [-0.15, -0.1) is 5.10 Å². The van der Waals surface area contributed by atoms with Gasteiger partial charge < -0.3 is 15.7 Å². The molecule has 0 atom stereocenters. The predicted molar refractivity (Wildman–Crippen MR) is 64.8 cm³/mol. The van der Waals surface area contributed by atoms with Gasteiger partial charge in [0.15, 0.2) is 0 Å². The molecule has 8 nitrogen and oxygen atoms in total. The molecule has 18 heavy (non-hydrogen) atoms. The molecule has 0 aliphatic carbocycles. The lowest BCUT2D eigenvalue weighted by Crippen LogP contribution is -2.36. The molecule has 1 aliphatic rings. The van der Waals surface area contributed by atoms with Gasteiger partial charge >= 0.3 is 0 Å². The fourth-order valence-corrected chi connectivity index (χ4v) is 2.06. The number of H-pyrrole nitrogens is 1. The Balaban J connectivity index is 1.95. The number of amides is 1. The average Bonchev–Trinajstić information content (AvgIpc) is 2.65. The largest absolute Gasteiger partial charge is 0.395 e. The summed E-state index contributed by atoms with van der Waals surface area (Å²) in [6.07, 6.45) is 0.884. The summed E-state index contributed by atoms with van der Waals surface area (Å²) in [6.45, 7) is 3.75. The highest BCUT2D eigenvalue weighted by Gasteiger charge is 2.22. The van der Waals surface area contributed by atoms with Crippen molar-refractivity contribution >= 4 is 11.9 Å². The molecule has 0 bridgehead atoms. The third kappa shape index (κ3) is 2.96. The van der Waals surface area contributed by atoms with Crippen molar-refractivity contribution in [3.8, 4) is 0 Å². The first-order chi connectivity index (χ1) is 8.70. The number of nitrogen functional groups attached to an aromatic ring is 1. The van der Waals surface area contributed by atoms with E-state index in [9.17, 15) is 4.79 Å². The maximum absolute atomic E-state index is 12.1. The number of hydrogen-bond donors (Lipinski definition) is 3. The molecule has 1 amide bonds. The molecule has 0 aromatic carbocycles. The highest BCUT2D eigenvalue weighted by molar-refractivity contribution is 5.90. The number of nitrogens with two attached hydrogens (primary N) is 1. The Morgan fingerprint density at radius 3 is 2.89 bits per heavy atom. The Hall–Kier alpha value is -1.67. The van der Waals surface area contributed by atoms with Gasteiger partial charge in [0, 0.05) is 26.2 Å². The van der Waals surface area contributed by atoms with Crippen molar-refractivity contribution in [3.05, 3.63) is 5.82 Å². The van der Waals surface area contributed by atoms with Crippen LogP contribution in [0.4, 0.5) is 5.95 Å². The van der Waals surface area contributed by atoms with Crippen LogP contribution < -0.4 is 5.73 Å². The number of nitrogens with one attached hydrogen (secondary N) is 1. The first kappa shape index (κ1) is 12.8. The van der Waals surface area contributed by atoms with E-state index in [-0.39, 0.29) is 24.3 Å². The van der Waals surface area contributed by atoms with Crippen molar-refractivity contribution in [1.29, 1.82) is 0 Å². The van der Waals surface area contributed by atoms with Gasteiger partial charge in [-0.3, -0.25) is 14.8 Å². The van der Waals surface area contributed by atoms with Crippen LogP contribution in [0.5, 0.6) is 0 Å². The van der Waals surface area contributed by atoms with Crippen molar-refractivity contribution in [2.45, 2.75) is 6.42 Å². The zero-order valence-corrected chi connectivity index (χ0v) is 10.2. The Morgan fingerprint density at radius 1 is 1.39 bits per heavy atom. The van der Waals surface area contributed by atoms with E-state index in [1.165, 1.54) is 0 Å². The van der Waals surface area contributed by atoms with Gasteiger partial charge in [-0.1, -0.05) is 0 Å². The summed E-state index contributed by atoms with van der Waals surface area (Å²) < 4.78 is 0. The molecule has 1 saturated heterocycles. The average molecular weight is 254 g/mol. The van der Waals surface area contributed by atoms with Crippen molar-refractivity contribution in [2.24, 2.45) is 0 Å². The smallest absolute Gasteiger partial charge is 0.291 e. The Bertz CT molecular complexity index is 407. The van der Waals surface area contributed by atoms with Crippen molar-refractivity contribution in [3.63, 3.8) is 0 Å². The monoisotopic (exact) mass is 254 g/mol. The van der Waals surface area contributed by atoms with Crippen LogP contribution in [0, 0.1) is 0 Å². The minimum absolute atomic E-state index is 0.0788. The van der Waals surface area contributed by atoms with Crippen LogP contribution in [0.15, 0.2) is 0 Å². The van der Waals surface area contributed by atoms with Crippen LogP contribution in [0.2, 0.25) is 0 Å². The lowest BCUT2D eigenvalue weighted by atomic mass is 10.3. The molecule has 2 rings (SSSR count). The van der Waals surface area contributed by atoms with E-state index in [4.69, 9.17) is 10.8 Å². The van der Waals surface area contributed by atoms with Crippen LogP contribution >= 0.6 is 0 Å². The summed E-state index contributed by atoms with van der Waals surface area (Å²) in [5, 5.41) is 15.1. The van der Waals surface area contributed by atoms with Crippen molar-refractivity contribution in [1.82, 2.24) is 25.0 Å². The quantitative estimate of drug-likeness (QED) is 0.607. The Kier molecular flexibility index (Phi) is 4.11. The topological polar surface area (TPSA) is 111 Å². The normalized spacial score (nSPS) is 17.7. The molecule has 1 fully saturated rings. The summed E-state index contributed by atoms with van der Waals surface area (Å²) >= 11 is 0. The van der Waals surface area contributed by atoms with E-state index in [1.807, 2.05) is 0 Å². The van der Waals surface area contributed by atoms with Gasteiger partial charge in [0.1, 0.15) is 0 Å². The maximum atomic E-state index is 12.1. The first-order valence-electron chi connectivity index (χ1n) is 6.01. The summed E-state index contributed by atoms with van der Waals surface area (Å²) in [4.78, 5) is 19.8. The molecule has 0 unspecified atom stereocenters. The maximum Gasteiger partial charge on any atom is 0.291 e. The summed E-state index contributed by atoms with van der Waals surface area (Å²) in [6, 6.07) is 0. The lowest BCUT2D eigenvalue weighted by molar-refractivity contribution is 0.0749. The molecule has 100 valence electrons. The summed E-state index contributed by atoms with van der Waals surface area (Å²) in [7, 11) is 0. The second-order valence-electron chi connectivity index (χ2n) is 4.25. The minimum Gasteiger partial charge on any atom is -0.395 e. The Morgan fingerprint density at radius 2 is 2.22 bits per heavy atom. The van der Waals surface area contributed by atoms with E-state index in [0.29, 0.717) is 19.6 Å². The molecule has 1 aromatic heterocycles. The van der Waals surface area contributed by atoms with E-state index in [1.54, 1.807) is 4.90 Å². The van der Waals surface area contributed by atoms with E-state index in [2.05, 4.69) is 20.1 Å². The number of anilines is 1. The number of rotatable bonds is 3. The molecule has 8 heteroatoms. The fourth-order valence-electron chi connectivity index (χ4n) is 2.06. The van der Waals surface area contributed by atoms with Crippen LogP contribution in [-0.2, 0) is 0 Å². The standard InChI is InChI=1S/C10H18N6O2/c11-10-12-8(13-14-10)9(18)16-3-1-2-15(4-5-16)6-7-17/h17H,1-7H2,(H3,11,12,13,14). The van der Waals surface area contributed by atoms with E-state index >= 15 is 0 Å².